The number of carbonyl (C=O) groups excluding carboxylic acids is 2. The highest BCUT2D eigenvalue weighted by atomic mass is 16.6. The second-order valence-electron chi connectivity index (χ2n) is 4.16. The molecule has 2 aromatic rings. The normalized spacial score (nSPS) is 13.7. The van der Waals surface area contributed by atoms with Gasteiger partial charge in [-0.05, 0) is 6.07 Å². The van der Waals surface area contributed by atoms with Gasteiger partial charge in [-0.15, -0.1) is 0 Å². The van der Waals surface area contributed by atoms with Gasteiger partial charge in [0, 0.05) is 18.2 Å². The lowest BCUT2D eigenvalue weighted by Gasteiger charge is -2.13. The van der Waals surface area contributed by atoms with Gasteiger partial charge < -0.3 is 4.52 Å². The molecule has 0 spiro atoms. The molecule has 8 nitrogen and oxygen atoms in total. The molecule has 0 unspecified atom stereocenters. The molecule has 0 bridgehead atoms. The van der Waals surface area contributed by atoms with Crippen molar-refractivity contribution in [3.63, 3.8) is 0 Å². The summed E-state index contributed by atoms with van der Waals surface area (Å²) in [7, 11) is 0. The number of carbonyl (C=O) groups is 2. The van der Waals surface area contributed by atoms with Gasteiger partial charge in [-0.1, -0.05) is 5.16 Å². The van der Waals surface area contributed by atoms with Crippen LogP contribution in [-0.2, 0) is 11.3 Å². The monoisotopic (exact) mass is 273 g/mol. The van der Waals surface area contributed by atoms with E-state index < -0.39 is 16.6 Å². The molecule has 1 aromatic heterocycles. The zero-order valence-corrected chi connectivity index (χ0v) is 9.98. The molecule has 20 heavy (non-hydrogen) atoms. The van der Waals surface area contributed by atoms with Gasteiger partial charge in [0.25, 0.3) is 17.4 Å². The third kappa shape index (κ3) is 1.74. The SMILES string of the molecule is O=C1C(=O)N(Cc2ccno2)c2ccc([N+](=O)[O-])cc21. The number of amides is 1. The van der Waals surface area contributed by atoms with Gasteiger partial charge in [0.2, 0.25) is 0 Å². The summed E-state index contributed by atoms with van der Waals surface area (Å²) in [5.74, 6) is -1.09. The van der Waals surface area contributed by atoms with Gasteiger partial charge in [-0.25, -0.2) is 0 Å². The number of nitro groups is 1. The Morgan fingerprint density at radius 2 is 2.10 bits per heavy atom. The van der Waals surface area contributed by atoms with Crippen LogP contribution in [0.1, 0.15) is 16.1 Å². The lowest BCUT2D eigenvalue weighted by atomic mass is 10.1. The molecule has 100 valence electrons. The zero-order valence-electron chi connectivity index (χ0n) is 9.98. The van der Waals surface area contributed by atoms with E-state index >= 15 is 0 Å². The van der Waals surface area contributed by atoms with E-state index in [2.05, 4.69) is 5.16 Å². The quantitative estimate of drug-likeness (QED) is 0.474. The molecule has 0 saturated carbocycles. The van der Waals surface area contributed by atoms with Crippen LogP contribution in [0.5, 0.6) is 0 Å². The largest absolute Gasteiger partial charge is 0.359 e. The zero-order chi connectivity index (χ0) is 14.3. The molecular formula is C12H7N3O5. The Morgan fingerprint density at radius 1 is 1.30 bits per heavy atom. The first kappa shape index (κ1) is 12.0. The number of nitro benzene ring substituents is 1. The van der Waals surface area contributed by atoms with E-state index in [9.17, 15) is 19.7 Å². The van der Waals surface area contributed by atoms with Crippen molar-refractivity contribution < 1.29 is 19.0 Å². The summed E-state index contributed by atoms with van der Waals surface area (Å²) in [4.78, 5) is 35.1. The van der Waals surface area contributed by atoms with Gasteiger partial charge in [-0.3, -0.25) is 24.6 Å². The first-order valence-corrected chi connectivity index (χ1v) is 5.62. The van der Waals surface area contributed by atoms with E-state index in [0.717, 1.165) is 6.07 Å². The number of Topliss-reactive ketones (excluding diaryl/α,β-unsaturated/α-hetero) is 1. The number of fused-ring (bicyclic) bond motifs is 1. The second kappa shape index (κ2) is 4.26. The highest BCUT2D eigenvalue weighted by molar-refractivity contribution is 6.52. The topological polar surface area (TPSA) is 107 Å². The Kier molecular flexibility index (Phi) is 2.56. The molecule has 1 aromatic carbocycles. The highest BCUT2D eigenvalue weighted by Gasteiger charge is 2.37. The molecular weight excluding hydrogens is 266 g/mol. The second-order valence-corrected chi connectivity index (χ2v) is 4.16. The molecule has 0 aliphatic carbocycles. The van der Waals surface area contributed by atoms with Crippen LogP contribution in [-0.4, -0.2) is 21.8 Å². The van der Waals surface area contributed by atoms with Crippen molar-refractivity contribution in [1.29, 1.82) is 0 Å². The van der Waals surface area contributed by atoms with Crippen LogP contribution < -0.4 is 4.90 Å². The minimum Gasteiger partial charge on any atom is -0.359 e. The fourth-order valence-corrected chi connectivity index (χ4v) is 2.04. The minimum atomic E-state index is -0.761. The standard InChI is InChI=1S/C12H7N3O5/c16-11-9-5-7(15(18)19)1-2-10(9)14(12(11)17)6-8-3-4-13-20-8/h1-5H,6H2. The third-order valence-corrected chi connectivity index (χ3v) is 2.97. The predicted octanol–water partition coefficient (Wildman–Crippen LogP) is 1.31. The summed E-state index contributed by atoms with van der Waals surface area (Å²) >= 11 is 0. The lowest BCUT2D eigenvalue weighted by Crippen LogP contribution is -2.28. The van der Waals surface area contributed by atoms with Crippen molar-refractivity contribution in [2.75, 3.05) is 4.90 Å². The van der Waals surface area contributed by atoms with E-state index in [1.807, 2.05) is 0 Å². The van der Waals surface area contributed by atoms with Crippen molar-refractivity contribution in [1.82, 2.24) is 5.16 Å². The van der Waals surface area contributed by atoms with Gasteiger partial charge in [0.15, 0.2) is 5.76 Å². The fraction of sp³-hybridized carbons (Fsp3) is 0.0833. The summed E-state index contributed by atoms with van der Waals surface area (Å²) in [5, 5.41) is 14.2. The minimum absolute atomic E-state index is 0.0312. The first-order chi connectivity index (χ1) is 9.58. The Morgan fingerprint density at radius 3 is 2.75 bits per heavy atom. The van der Waals surface area contributed by atoms with Gasteiger partial charge in [0.1, 0.15) is 0 Å². The fourth-order valence-electron chi connectivity index (χ4n) is 2.04. The number of non-ortho nitro benzene ring substituents is 1. The van der Waals surface area contributed by atoms with Crippen LogP contribution in [0.3, 0.4) is 0 Å². The molecule has 0 N–H and O–H groups in total. The van der Waals surface area contributed by atoms with E-state index in [1.165, 1.54) is 23.2 Å². The number of rotatable bonds is 3. The Balaban J connectivity index is 2.02. The highest BCUT2D eigenvalue weighted by Crippen LogP contribution is 2.32. The lowest BCUT2D eigenvalue weighted by molar-refractivity contribution is -0.384. The molecule has 1 amide bonds. The summed E-state index contributed by atoms with van der Waals surface area (Å²) < 4.78 is 4.89. The van der Waals surface area contributed by atoms with Crippen molar-refractivity contribution in [2.24, 2.45) is 0 Å². The molecule has 0 saturated heterocycles. The van der Waals surface area contributed by atoms with Gasteiger partial charge in [0.05, 0.1) is 28.9 Å². The summed E-state index contributed by atoms with van der Waals surface area (Å²) in [6.45, 7) is 0.0510. The number of ketones is 1. The van der Waals surface area contributed by atoms with E-state index in [1.54, 1.807) is 6.07 Å². The molecule has 2 heterocycles. The Labute approximate surface area is 111 Å². The molecule has 0 atom stereocenters. The predicted molar refractivity (Wildman–Crippen MR) is 65.1 cm³/mol. The number of anilines is 1. The molecule has 8 heteroatoms. The number of nitrogens with zero attached hydrogens (tertiary/aromatic N) is 3. The van der Waals surface area contributed by atoms with Crippen molar-refractivity contribution in [3.05, 3.63) is 51.9 Å². The maximum absolute atomic E-state index is 11.9. The van der Waals surface area contributed by atoms with Crippen LogP contribution >= 0.6 is 0 Å². The molecule has 1 aliphatic rings. The number of aromatic nitrogens is 1. The van der Waals surface area contributed by atoms with Gasteiger partial charge >= 0.3 is 0 Å². The van der Waals surface area contributed by atoms with Crippen LogP contribution in [0, 0.1) is 10.1 Å². The maximum Gasteiger partial charge on any atom is 0.299 e. The van der Waals surface area contributed by atoms with Crippen molar-refractivity contribution in [2.45, 2.75) is 6.54 Å². The summed E-state index contributed by atoms with van der Waals surface area (Å²) in [6, 6.07) is 5.31. The van der Waals surface area contributed by atoms with Crippen LogP contribution in [0.4, 0.5) is 11.4 Å². The molecule has 1 aliphatic heterocycles. The Bertz CT molecular complexity index is 723. The molecule has 0 fully saturated rings. The van der Waals surface area contributed by atoms with Crippen molar-refractivity contribution >= 4 is 23.1 Å². The first-order valence-electron chi connectivity index (χ1n) is 5.62. The number of hydrogen-bond donors (Lipinski definition) is 0. The van der Waals surface area contributed by atoms with Gasteiger partial charge in [-0.2, -0.15) is 0 Å². The van der Waals surface area contributed by atoms with E-state index in [-0.39, 0.29) is 17.8 Å². The smallest absolute Gasteiger partial charge is 0.299 e. The number of hydrogen-bond acceptors (Lipinski definition) is 6. The third-order valence-electron chi connectivity index (χ3n) is 2.97. The molecule has 3 rings (SSSR count). The maximum atomic E-state index is 11.9. The van der Waals surface area contributed by atoms with E-state index in [4.69, 9.17) is 4.52 Å². The average Bonchev–Trinajstić information content (AvgIpc) is 3.02. The van der Waals surface area contributed by atoms with Crippen LogP contribution in [0.2, 0.25) is 0 Å². The average molecular weight is 273 g/mol. The number of benzene rings is 1. The van der Waals surface area contributed by atoms with Crippen molar-refractivity contribution in [3.8, 4) is 0 Å². The Hall–Kier alpha value is -3.03. The van der Waals surface area contributed by atoms with Crippen LogP contribution in [0.25, 0.3) is 0 Å². The summed E-state index contributed by atoms with van der Waals surface area (Å²) in [6.07, 6.45) is 1.43. The summed E-state index contributed by atoms with van der Waals surface area (Å²) in [5.41, 5.74) is 0.136. The molecule has 0 radical (unpaired) electrons. The van der Waals surface area contributed by atoms with E-state index in [0.29, 0.717) is 11.4 Å². The van der Waals surface area contributed by atoms with Crippen LogP contribution in [0.15, 0.2) is 35.0 Å².